The zero-order valence-electron chi connectivity index (χ0n) is 19.8. The van der Waals surface area contributed by atoms with E-state index in [1.165, 1.54) is 18.4 Å². The number of aliphatic hydroxyl groups excluding tert-OH is 1. The number of methoxy groups -OCH3 is 1. The number of aromatic nitrogens is 2. The zero-order chi connectivity index (χ0) is 25.4. The maximum atomic E-state index is 13.1. The van der Waals surface area contributed by atoms with Crippen molar-refractivity contribution in [1.82, 2.24) is 9.97 Å². The van der Waals surface area contributed by atoms with Gasteiger partial charge in [0.25, 0.3) is 5.88 Å². The number of hydrogen-bond donors (Lipinski definition) is 2. The Morgan fingerprint density at radius 1 is 1.14 bits per heavy atom. The SMILES string of the molecule is COc1ccccc1Oc1c(NS(=O)(=O)CCc2cccs2)nc(N2CCOCC2)nc1OCCO. The number of benzene rings is 1. The number of anilines is 2. The van der Waals surface area contributed by atoms with Crippen molar-refractivity contribution in [1.29, 1.82) is 0 Å². The Bertz CT molecular complexity index is 1230. The molecule has 3 heterocycles. The van der Waals surface area contributed by atoms with Gasteiger partial charge < -0.3 is 29.0 Å². The number of hydrogen-bond acceptors (Lipinski definition) is 11. The van der Waals surface area contributed by atoms with E-state index in [2.05, 4.69) is 14.7 Å². The third-order valence-corrected chi connectivity index (χ3v) is 7.36. The number of ether oxygens (including phenoxy) is 4. The van der Waals surface area contributed by atoms with Crippen molar-refractivity contribution < 1.29 is 32.5 Å². The number of morpholine rings is 1. The minimum absolute atomic E-state index is 0.0117. The molecule has 194 valence electrons. The minimum Gasteiger partial charge on any atom is -0.493 e. The van der Waals surface area contributed by atoms with Crippen molar-refractivity contribution in [3.8, 4) is 23.1 Å². The van der Waals surface area contributed by atoms with Gasteiger partial charge in [0.05, 0.1) is 32.7 Å². The van der Waals surface area contributed by atoms with E-state index in [1.54, 1.807) is 24.3 Å². The molecule has 1 aromatic carbocycles. The van der Waals surface area contributed by atoms with Crippen LogP contribution in [0, 0.1) is 0 Å². The molecular formula is C23H28N4O7S2. The third-order valence-electron chi connectivity index (χ3n) is 5.18. The van der Waals surface area contributed by atoms with Gasteiger partial charge in [-0.2, -0.15) is 9.97 Å². The first-order valence-electron chi connectivity index (χ1n) is 11.3. The molecule has 0 atom stereocenters. The molecule has 2 aromatic heterocycles. The molecule has 0 amide bonds. The smallest absolute Gasteiger partial charge is 0.265 e. The van der Waals surface area contributed by atoms with Crippen LogP contribution >= 0.6 is 11.3 Å². The van der Waals surface area contributed by atoms with Crippen LogP contribution in [0.3, 0.4) is 0 Å². The second kappa shape index (κ2) is 12.2. The van der Waals surface area contributed by atoms with Gasteiger partial charge in [-0.15, -0.1) is 11.3 Å². The predicted octanol–water partition coefficient (Wildman–Crippen LogP) is 2.53. The van der Waals surface area contributed by atoms with Crippen molar-refractivity contribution in [2.24, 2.45) is 0 Å². The van der Waals surface area contributed by atoms with Crippen LogP contribution < -0.4 is 23.8 Å². The predicted molar refractivity (Wildman–Crippen MR) is 136 cm³/mol. The van der Waals surface area contributed by atoms with Crippen LogP contribution in [0.5, 0.6) is 23.1 Å². The monoisotopic (exact) mass is 536 g/mol. The van der Waals surface area contributed by atoms with Crippen LogP contribution in [0.25, 0.3) is 0 Å². The molecule has 0 saturated carbocycles. The number of nitrogens with zero attached hydrogens (tertiary/aromatic N) is 3. The topological polar surface area (TPSA) is 132 Å². The summed E-state index contributed by atoms with van der Waals surface area (Å²) in [5.74, 6) is 0.730. The van der Waals surface area contributed by atoms with Crippen LogP contribution in [-0.4, -0.2) is 75.9 Å². The molecule has 0 bridgehead atoms. The number of nitrogens with one attached hydrogen (secondary N) is 1. The van der Waals surface area contributed by atoms with Gasteiger partial charge >= 0.3 is 0 Å². The first kappa shape index (κ1) is 25.9. The van der Waals surface area contributed by atoms with E-state index in [9.17, 15) is 13.5 Å². The zero-order valence-corrected chi connectivity index (χ0v) is 21.4. The molecule has 3 aromatic rings. The fourth-order valence-electron chi connectivity index (χ4n) is 3.43. The van der Waals surface area contributed by atoms with Crippen molar-refractivity contribution in [3.05, 3.63) is 46.7 Å². The fraction of sp³-hybridized carbons (Fsp3) is 0.391. The Morgan fingerprint density at radius 2 is 1.92 bits per heavy atom. The lowest BCUT2D eigenvalue weighted by Gasteiger charge is -2.28. The van der Waals surface area contributed by atoms with Gasteiger partial charge in [-0.1, -0.05) is 18.2 Å². The van der Waals surface area contributed by atoms with Crippen LogP contribution in [0.4, 0.5) is 11.8 Å². The van der Waals surface area contributed by atoms with Crippen LogP contribution in [-0.2, 0) is 21.2 Å². The first-order valence-corrected chi connectivity index (χ1v) is 13.8. The summed E-state index contributed by atoms with van der Waals surface area (Å²) in [5, 5.41) is 11.3. The highest BCUT2D eigenvalue weighted by Gasteiger charge is 2.26. The highest BCUT2D eigenvalue weighted by molar-refractivity contribution is 7.92. The molecule has 0 aliphatic carbocycles. The van der Waals surface area contributed by atoms with Gasteiger partial charge in [0.1, 0.15) is 6.61 Å². The molecule has 36 heavy (non-hydrogen) atoms. The number of sulfonamides is 1. The van der Waals surface area contributed by atoms with Gasteiger partial charge in [-0.05, 0) is 30.0 Å². The number of thiophene rings is 1. The minimum atomic E-state index is -3.82. The molecular weight excluding hydrogens is 508 g/mol. The lowest BCUT2D eigenvalue weighted by Crippen LogP contribution is -2.37. The summed E-state index contributed by atoms with van der Waals surface area (Å²) in [7, 11) is -2.32. The first-order chi connectivity index (χ1) is 17.5. The van der Waals surface area contributed by atoms with E-state index in [4.69, 9.17) is 18.9 Å². The van der Waals surface area contributed by atoms with Gasteiger partial charge in [0, 0.05) is 18.0 Å². The normalized spacial score (nSPS) is 13.9. The van der Waals surface area contributed by atoms with E-state index in [0.29, 0.717) is 44.2 Å². The summed E-state index contributed by atoms with van der Waals surface area (Å²) >= 11 is 1.49. The van der Waals surface area contributed by atoms with E-state index in [-0.39, 0.29) is 42.4 Å². The molecule has 11 nitrogen and oxygen atoms in total. The molecule has 1 saturated heterocycles. The largest absolute Gasteiger partial charge is 0.493 e. The lowest BCUT2D eigenvalue weighted by molar-refractivity contribution is 0.122. The standard InChI is InChI=1S/C23H28N4O7S2/c1-31-18-6-2-3-7-19(18)34-20-21(26-36(29,30)16-8-17-5-4-15-35-17)24-23(25-22(20)33-14-11-28)27-9-12-32-13-10-27/h2-7,15,28H,8-14,16H2,1H3,(H,24,25,26). The molecule has 13 heteroatoms. The van der Waals surface area contributed by atoms with E-state index in [0.717, 1.165) is 4.88 Å². The average Bonchev–Trinajstić information content (AvgIpc) is 3.42. The molecule has 4 rings (SSSR count). The van der Waals surface area contributed by atoms with Crippen LogP contribution in [0.15, 0.2) is 41.8 Å². The van der Waals surface area contributed by atoms with Crippen LogP contribution in [0.1, 0.15) is 4.88 Å². The third kappa shape index (κ3) is 6.75. The Hall–Kier alpha value is -3.13. The van der Waals surface area contributed by atoms with E-state index in [1.807, 2.05) is 22.4 Å². The number of aryl methyl sites for hydroxylation is 1. The highest BCUT2D eigenvalue weighted by Crippen LogP contribution is 2.41. The summed E-state index contributed by atoms with van der Waals surface area (Å²) in [6.07, 6.45) is 0.352. The van der Waals surface area contributed by atoms with Crippen molar-refractivity contribution in [2.75, 3.05) is 62.0 Å². The Balaban J connectivity index is 1.73. The Kier molecular flexibility index (Phi) is 8.80. The molecule has 2 N–H and O–H groups in total. The number of para-hydroxylation sites is 2. The lowest BCUT2D eigenvalue weighted by atomic mass is 10.3. The second-order valence-electron chi connectivity index (χ2n) is 7.68. The highest BCUT2D eigenvalue weighted by atomic mass is 32.2. The maximum Gasteiger partial charge on any atom is 0.265 e. The summed E-state index contributed by atoms with van der Waals surface area (Å²) < 4.78 is 51.2. The van der Waals surface area contributed by atoms with E-state index >= 15 is 0 Å². The van der Waals surface area contributed by atoms with E-state index < -0.39 is 10.0 Å². The van der Waals surface area contributed by atoms with Crippen molar-refractivity contribution in [3.63, 3.8) is 0 Å². The summed E-state index contributed by atoms with van der Waals surface area (Å²) in [4.78, 5) is 11.8. The van der Waals surface area contributed by atoms with Gasteiger partial charge in [0.2, 0.25) is 21.7 Å². The molecule has 0 radical (unpaired) electrons. The quantitative estimate of drug-likeness (QED) is 0.356. The Morgan fingerprint density at radius 3 is 2.61 bits per heavy atom. The molecule has 1 aliphatic rings. The Labute approximate surface area is 213 Å². The number of aliphatic hydroxyl groups is 1. The molecule has 1 aliphatic heterocycles. The molecule has 0 spiro atoms. The molecule has 0 unspecified atom stereocenters. The van der Waals surface area contributed by atoms with Gasteiger partial charge in [-0.25, -0.2) is 8.42 Å². The van der Waals surface area contributed by atoms with Gasteiger partial charge in [0.15, 0.2) is 17.3 Å². The van der Waals surface area contributed by atoms with Crippen LogP contribution in [0.2, 0.25) is 0 Å². The maximum absolute atomic E-state index is 13.1. The molecule has 1 fully saturated rings. The fourth-order valence-corrected chi connectivity index (χ4v) is 5.29. The van der Waals surface area contributed by atoms with Crippen molar-refractivity contribution >= 4 is 33.1 Å². The van der Waals surface area contributed by atoms with Gasteiger partial charge in [-0.3, -0.25) is 4.72 Å². The van der Waals surface area contributed by atoms with Crippen molar-refractivity contribution in [2.45, 2.75) is 6.42 Å². The summed E-state index contributed by atoms with van der Waals surface area (Å²) in [5.41, 5.74) is 0. The second-order valence-corrected chi connectivity index (χ2v) is 10.6. The number of rotatable bonds is 12. The summed E-state index contributed by atoms with van der Waals surface area (Å²) in [6, 6.07) is 10.7. The summed E-state index contributed by atoms with van der Waals surface area (Å²) in [6.45, 7) is 1.67. The average molecular weight is 537 g/mol.